The minimum Gasteiger partial charge on any atom is -0.382 e. The Morgan fingerprint density at radius 2 is 1.79 bits per heavy atom. The van der Waals surface area contributed by atoms with Gasteiger partial charge in [0.15, 0.2) is 0 Å². The van der Waals surface area contributed by atoms with E-state index in [4.69, 9.17) is 4.74 Å². The predicted octanol–water partition coefficient (Wildman–Crippen LogP) is 3.57. The molecule has 0 aromatic heterocycles. The van der Waals surface area contributed by atoms with Gasteiger partial charge in [-0.05, 0) is 48.7 Å². The van der Waals surface area contributed by atoms with Crippen LogP contribution in [0.25, 0.3) is 11.1 Å². The van der Waals surface area contributed by atoms with Crippen LogP contribution in [0, 0.1) is 0 Å². The molecule has 2 aromatic carbocycles. The molecule has 128 valence electrons. The van der Waals surface area contributed by atoms with E-state index < -0.39 is 0 Å². The molecule has 0 aliphatic carbocycles. The van der Waals surface area contributed by atoms with Gasteiger partial charge >= 0.3 is 0 Å². The van der Waals surface area contributed by atoms with Crippen molar-refractivity contribution in [3.8, 4) is 11.1 Å². The zero-order chi connectivity index (χ0) is 17.5. The van der Waals surface area contributed by atoms with Gasteiger partial charge in [-0.1, -0.05) is 24.3 Å². The number of nitrogens with one attached hydrogen (secondary N) is 1. The van der Waals surface area contributed by atoms with Gasteiger partial charge in [0.25, 0.3) is 5.91 Å². The van der Waals surface area contributed by atoms with Gasteiger partial charge in [0, 0.05) is 39.0 Å². The van der Waals surface area contributed by atoms with E-state index in [0.717, 1.165) is 23.2 Å². The van der Waals surface area contributed by atoms with Gasteiger partial charge in [-0.25, -0.2) is 0 Å². The van der Waals surface area contributed by atoms with Crippen LogP contribution in [-0.2, 0) is 4.74 Å². The number of hydrogen-bond donors (Lipinski definition) is 1. The van der Waals surface area contributed by atoms with Crippen molar-refractivity contribution < 1.29 is 9.53 Å². The lowest BCUT2D eigenvalue weighted by Gasteiger charge is -2.14. The number of carbonyl (C=O) groups excluding carboxylic acids is 1. The monoisotopic (exact) mass is 326 g/mol. The second kappa shape index (κ2) is 8.50. The van der Waals surface area contributed by atoms with Gasteiger partial charge < -0.3 is 15.0 Å². The standard InChI is InChI=1S/C20H26N2O2/c1-15(24-4)11-12-21-20(23)18-9-5-7-16(13-18)17-8-6-10-19(14-17)22(2)3/h5-10,13-15H,11-12H2,1-4H3,(H,21,23). The predicted molar refractivity (Wildman–Crippen MR) is 99.6 cm³/mol. The number of amides is 1. The fraction of sp³-hybridized carbons (Fsp3) is 0.350. The molecule has 0 saturated carbocycles. The SMILES string of the molecule is COC(C)CCNC(=O)c1cccc(-c2cccc(N(C)C)c2)c1. The third-order valence-electron chi connectivity index (χ3n) is 4.06. The molecule has 4 nitrogen and oxygen atoms in total. The molecule has 24 heavy (non-hydrogen) atoms. The van der Waals surface area contributed by atoms with Crippen LogP contribution in [0.15, 0.2) is 48.5 Å². The smallest absolute Gasteiger partial charge is 0.251 e. The molecular formula is C20H26N2O2. The van der Waals surface area contributed by atoms with Crippen molar-refractivity contribution in [3.63, 3.8) is 0 Å². The molecular weight excluding hydrogens is 300 g/mol. The molecule has 2 rings (SSSR count). The summed E-state index contributed by atoms with van der Waals surface area (Å²) < 4.78 is 5.19. The van der Waals surface area contributed by atoms with Crippen LogP contribution in [0.5, 0.6) is 0 Å². The highest BCUT2D eigenvalue weighted by atomic mass is 16.5. The lowest BCUT2D eigenvalue weighted by atomic mass is 10.0. The Morgan fingerprint density at radius 3 is 2.46 bits per heavy atom. The highest BCUT2D eigenvalue weighted by Crippen LogP contribution is 2.24. The van der Waals surface area contributed by atoms with E-state index in [0.29, 0.717) is 12.1 Å². The summed E-state index contributed by atoms with van der Waals surface area (Å²) in [5.41, 5.74) is 3.95. The number of rotatable bonds is 7. The van der Waals surface area contributed by atoms with Crippen LogP contribution in [0.4, 0.5) is 5.69 Å². The van der Waals surface area contributed by atoms with Crippen molar-refractivity contribution in [3.05, 3.63) is 54.1 Å². The van der Waals surface area contributed by atoms with Crippen molar-refractivity contribution in [2.75, 3.05) is 32.6 Å². The van der Waals surface area contributed by atoms with Crippen LogP contribution < -0.4 is 10.2 Å². The molecule has 0 aliphatic rings. The van der Waals surface area contributed by atoms with Gasteiger partial charge in [0.1, 0.15) is 0 Å². The van der Waals surface area contributed by atoms with Gasteiger partial charge in [0.05, 0.1) is 6.10 Å². The van der Waals surface area contributed by atoms with Gasteiger partial charge in [0.2, 0.25) is 0 Å². The van der Waals surface area contributed by atoms with E-state index in [-0.39, 0.29) is 12.0 Å². The Hall–Kier alpha value is -2.33. The van der Waals surface area contributed by atoms with Crippen LogP contribution >= 0.6 is 0 Å². The third-order valence-corrected chi connectivity index (χ3v) is 4.06. The number of ether oxygens (including phenoxy) is 1. The Kier molecular flexibility index (Phi) is 6.38. The quantitative estimate of drug-likeness (QED) is 0.845. The molecule has 2 aromatic rings. The number of benzene rings is 2. The molecule has 1 amide bonds. The summed E-state index contributed by atoms with van der Waals surface area (Å²) in [6, 6.07) is 16.0. The molecule has 4 heteroatoms. The summed E-state index contributed by atoms with van der Waals surface area (Å²) in [6.07, 6.45) is 0.942. The van der Waals surface area contributed by atoms with Crippen LogP contribution in [0.2, 0.25) is 0 Å². The Balaban J connectivity index is 2.11. The zero-order valence-corrected chi connectivity index (χ0v) is 14.9. The topological polar surface area (TPSA) is 41.6 Å². The fourth-order valence-electron chi connectivity index (χ4n) is 2.41. The largest absolute Gasteiger partial charge is 0.382 e. The number of anilines is 1. The van der Waals surface area contributed by atoms with Crippen molar-refractivity contribution in [1.82, 2.24) is 5.32 Å². The normalized spacial score (nSPS) is 11.8. The van der Waals surface area contributed by atoms with Crippen LogP contribution in [-0.4, -0.2) is 39.8 Å². The molecule has 0 aliphatic heterocycles. The molecule has 0 spiro atoms. The molecule has 0 radical (unpaired) electrons. The highest BCUT2D eigenvalue weighted by molar-refractivity contribution is 5.95. The summed E-state index contributed by atoms with van der Waals surface area (Å²) in [6.45, 7) is 2.60. The van der Waals surface area contributed by atoms with Gasteiger partial charge in [-0.2, -0.15) is 0 Å². The summed E-state index contributed by atoms with van der Waals surface area (Å²) >= 11 is 0. The second-order valence-electron chi connectivity index (χ2n) is 6.12. The zero-order valence-electron chi connectivity index (χ0n) is 14.9. The summed E-state index contributed by atoms with van der Waals surface area (Å²) in [5, 5.41) is 2.95. The lowest BCUT2D eigenvalue weighted by Crippen LogP contribution is -2.26. The Bertz CT molecular complexity index is 683. The van der Waals surface area contributed by atoms with E-state index in [2.05, 4.69) is 28.4 Å². The van der Waals surface area contributed by atoms with E-state index in [9.17, 15) is 4.79 Å². The number of nitrogens with zero attached hydrogens (tertiary/aromatic N) is 1. The summed E-state index contributed by atoms with van der Waals surface area (Å²) in [4.78, 5) is 14.4. The van der Waals surface area contributed by atoms with Crippen molar-refractivity contribution in [1.29, 1.82) is 0 Å². The first-order valence-electron chi connectivity index (χ1n) is 8.20. The maximum Gasteiger partial charge on any atom is 0.251 e. The van der Waals surface area contributed by atoms with Crippen LogP contribution in [0.3, 0.4) is 0 Å². The van der Waals surface area contributed by atoms with E-state index in [1.54, 1.807) is 7.11 Å². The van der Waals surface area contributed by atoms with E-state index in [1.165, 1.54) is 0 Å². The van der Waals surface area contributed by atoms with Crippen LogP contribution in [0.1, 0.15) is 23.7 Å². The van der Waals surface area contributed by atoms with Crippen molar-refractivity contribution >= 4 is 11.6 Å². The van der Waals surface area contributed by atoms with Gasteiger partial charge in [-0.15, -0.1) is 0 Å². The average molecular weight is 326 g/mol. The second-order valence-corrected chi connectivity index (χ2v) is 6.12. The Morgan fingerprint density at radius 1 is 1.12 bits per heavy atom. The van der Waals surface area contributed by atoms with Gasteiger partial charge in [-0.3, -0.25) is 4.79 Å². The molecule has 1 atom stereocenters. The van der Waals surface area contributed by atoms with E-state index in [1.807, 2.05) is 51.4 Å². The molecule has 0 bridgehead atoms. The minimum absolute atomic E-state index is 0.0519. The molecule has 0 saturated heterocycles. The summed E-state index contributed by atoms with van der Waals surface area (Å²) in [7, 11) is 5.71. The first-order valence-corrected chi connectivity index (χ1v) is 8.20. The minimum atomic E-state index is -0.0519. The maximum atomic E-state index is 12.3. The molecule has 1 unspecified atom stereocenters. The molecule has 0 heterocycles. The third kappa shape index (κ3) is 4.83. The first-order chi connectivity index (χ1) is 11.5. The number of carbonyl (C=O) groups is 1. The van der Waals surface area contributed by atoms with E-state index >= 15 is 0 Å². The number of methoxy groups -OCH3 is 1. The van der Waals surface area contributed by atoms with Crippen molar-refractivity contribution in [2.45, 2.75) is 19.4 Å². The lowest BCUT2D eigenvalue weighted by molar-refractivity contribution is 0.0918. The van der Waals surface area contributed by atoms with Crippen molar-refractivity contribution in [2.24, 2.45) is 0 Å². The Labute approximate surface area is 144 Å². The maximum absolute atomic E-state index is 12.3. The highest BCUT2D eigenvalue weighted by Gasteiger charge is 2.08. The molecule has 1 N–H and O–H groups in total. The summed E-state index contributed by atoms with van der Waals surface area (Å²) in [5.74, 6) is -0.0519. The first kappa shape index (κ1) is 18.0. The average Bonchev–Trinajstić information content (AvgIpc) is 2.61. The fourth-order valence-corrected chi connectivity index (χ4v) is 2.41. The molecule has 0 fully saturated rings. The number of hydrogen-bond acceptors (Lipinski definition) is 3.